The third-order valence-electron chi connectivity index (χ3n) is 4.66. The number of likely N-dealkylation sites (N-methyl/N-ethyl adjacent to an activating group) is 1. The number of amides is 1. The summed E-state index contributed by atoms with van der Waals surface area (Å²) in [4.78, 5) is 14.5. The van der Waals surface area contributed by atoms with Gasteiger partial charge in [0.15, 0.2) is 0 Å². The zero-order valence-electron chi connectivity index (χ0n) is 14.2. The third-order valence-corrected chi connectivity index (χ3v) is 4.66. The lowest BCUT2D eigenvalue weighted by Gasteiger charge is -2.35. The summed E-state index contributed by atoms with van der Waals surface area (Å²) in [5, 5.41) is 1.07. The standard InChI is InChI=1S/C18H24N2O3.ClH/c1-3-15-14(13-6-4-5-7-16(13)23-15)12-20(2)17(21)18(19)8-10-22-11-9-18;/h4-7H,3,8-12,19H2,1-2H3;1H. The number of hydrogen-bond donors (Lipinski definition) is 1. The van der Waals surface area contributed by atoms with Gasteiger partial charge in [0.1, 0.15) is 11.3 Å². The molecule has 6 heteroatoms. The maximum atomic E-state index is 12.8. The van der Waals surface area contributed by atoms with Crippen LogP contribution in [0.5, 0.6) is 0 Å². The number of halogens is 1. The van der Waals surface area contributed by atoms with Crippen LogP contribution in [-0.4, -0.2) is 36.6 Å². The van der Waals surface area contributed by atoms with E-state index in [1.54, 1.807) is 4.90 Å². The molecule has 1 aromatic carbocycles. The van der Waals surface area contributed by atoms with Gasteiger partial charge in [-0.25, -0.2) is 0 Å². The van der Waals surface area contributed by atoms with Crippen molar-refractivity contribution in [2.45, 2.75) is 38.3 Å². The van der Waals surface area contributed by atoms with Gasteiger partial charge < -0.3 is 19.8 Å². The summed E-state index contributed by atoms with van der Waals surface area (Å²) in [6.45, 7) is 3.67. The Morgan fingerprint density at radius 1 is 1.29 bits per heavy atom. The molecule has 0 bridgehead atoms. The lowest BCUT2D eigenvalue weighted by Crippen LogP contribution is -2.57. The van der Waals surface area contributed by atoms with Crippen molar-refractivity contribution >= 4 is 29.3 Å². The van der Waals surface area contributed by atoms with Gasteiger partial charge >= 0.3 is 0 Å². The molecule has 132 valence electrons. The van der Waals surface area contributed by atoms with Crippen LogP contribution in [0.1, 0.15) is 31.1 Å². The quantitative estimate of drug-likeness (QED) is 0.918. The van der Waals surface area contributed by atoms with Gasteiger partial charge in [-0.1, -0.05) is 25.1 Å². The first-order valence-corrected chi connectivity index (χ1v) is 8.16. The van der Waals surface area contributed by atoms with Crippen molar-refractivity contribution < 1.29 is 13.9 Å². The zero-order chi connectivity index (χ0) is 16.4. The highest BCUT2D eigenvalue weighted by Gasteiger charge is 2.38. The number of para-hydroxylation sites is 1. The van der Waals surface area contributed by atoms with Crippen molar-refractivity contribution in [1.29, 1.82) is 0 Å². The predicted octanol–water partition coefficient (Wildman–Crippen LogP) is 2.88. The maximum absolute atomic E-state index is 12.8. The first kappa shape index (κ1) is 18.8. The number of carbonyl (C=O) groups is 1. The van der Waals surface area contributed by atoms with Gasteiger partial charge in [0.2, 0.25) is 5.91 Å². The first-order chi connectivity index (χ1) is 11.0. The minimum absolute atomic E-state index is 0. The van der Waals surface area contributed by atoms with Gasteiger partial charge in [-0.3, -0.25) is 4.79 Å². The Kier molecular flexibility index (Phi) is 5.91. The van der Waals surface area contributed by atoms with E-state index in [4.69, 9.17) is 14.9 Å². The molecule has 1 aromatic heterocycles. The van der Waals surface area contributed by atoms with E-state index in [-0.39, 0.29) is 18.3 Å². The largest absolute Gasteiger partial charge is 0.461 e. The smallest absolute Gasteiger partial charge is 0.242 e. The molecule has 1 fully saturated rings. The van der Waals surface area contributed by atoms with E-state index < -0.39 is 5.54 Å². The number of ether oxygens (including phenoxy) is 1. The second-order valence-corrected chi connectivity index (χ2v) is 6.28. The lowest BCUT2D eigenvalue weighted by atomic mass is 9.89. The molecule has 3 rings (SSSR count). The van der Waals surface area contributed by atoms with Crippen molar-refractivity contribution in [3.8, 4) is 0 Å². The molecule has 2 heterocycles. The van der Waals surface area contributed by atoms with E-state index in [1.165, 1.54) is 0 Å². The number of hydrogen-bond acceptors (Lipinski definition) is 4. The maximum Gasteiger partial charge on any atom is 0.242 e. The fraction of sp³-hybridized carbons (Fsp3) is 0.500. The highest BCUT2D eigenvalue weighted by molar-refractivity contribution is 5.87. The molecule has 0 spiro atoms. The molecular formula is C18H25ClN2O3. The number of carbonyl (C=O) groups excluding carboxylic acids is 1. The van der Waals surface area contributed by atoms with E-state index in [1.807, 2.05) is 31.3 Å². The Balaban J connectivity index is 0.00000208. The second kappa shape index (κ2) is 7.55. The number of benzene rings is 1. The fourth-order valence-corrected chi connectivity index (χ4v) is 3.25. The number of fused-ring (bicyclic) bond motifs is 1. The van der Waals surface area contributed by atoms with Crippen molar-refractivity contribution in [1.82, 2.24) is 4.90 Å². The molecule has 1 amide bonds. The van der Waals surface area contributed by atoms with Crippen LogP contribution in [0.25, 0.3) is 11.0 Å². The van der Waals surface area contributed by atoms with Crippen molar-refractivity contribution in [2.75, 3.05) is 20.3 Å². The molecular weight excluding hydrogens is 328 g/mol. The summed E-state index contributed by atoms with van der Waals surface area (Å²) < 4.78 is 11.2. The van der Waals surface area contributed by atoms with Gasteiger partial charge in [0.25, 0.3) is 0 Å². The molecule has 0 atom stereocenters. The normalized spacial score (nSPS) is 16.6. The third kappa shape index (κ3) is 3.43. The van der Waals surface area contributed by atoms with E-state index in [2.05, 4.69) is 6.92 Å². The molecule has 24 heavy (non-hydrogen) atoms. The van der Waals surface area contributed by atoms with Crippen LogP contribution in [0, 0.1) is 0 Å². The molecule has 0 saturated carbocycles. The van der Waals surface area contributed by atoms with Crippen LogP contribution >= 0.6 is 12.4 Å². The van der Waals surface area contributed by atoms with E-state index in [0.29, 0.717) is 32.6 Å². The van der Waals surface area contributed by atoms with Crippen molar-refractivity contribution in [2.24, 2.45) is 5.73 Å². The minimum atomic E-state index is -0.807. The predicted molar refractivity (Wildman–Crippen MR) is 96.3 cm³/mol. The SMILES string of the molecule is CCc1oc2ccccc2c1CN(C)C(=O)C1(N)CCOCC1.Cl. The van der Waals surface area contributed by atoms with Crippen LogP contribution in [0.15, 0.2) is 28.7 Å². The van der Waals surface area contributed by atoms with Crippen LogP contribution in [-0.2, 0) is 22.5 Å². The monoisotopic (exact) mass is 352 g/mol. The van der Waals surface area contributed by atoms with Gasteiger partial charge in [-0.05, 0) is 18.9 Å². The van der Waals surface area contributed by atoms with Gasteiger partial charge in [-0.15, -0.1) is 12.4 Å². The van der Waals surface area contributed by atoms with Crippen LogP contribution in [0.4, 0.5) is 0 Å². The summed E-state index contributed by atoms with van der Waals surface area (Å²) in [5.41, 5.74) is 7.46. The molecule has 5 nitrogen and oxygen atoms in total. The molecule has 1 aliphatic rings. The first-order valence-electron chi connectivity index (χ1n) is 8.16. The summed E-state index contributed by atoms with van der Waals surface area (Å²) in [6.07, 6.45) is 1.94. The molecule has 0 aliphatic carbocycles. The van der Waals surface area contributed by atoms with Gasteiger partial charge in [0.05, 0.1) is 5.54 Å². The van der Waals surface area contributed by atoms with E-state index in [9.17, 15) is 4.79 Å². The summed E-state index contributed by atoms with van der Waals surface area (Å²) >= 11 is 0. The molecule has 2 N–H and O–H groups in total. The number of nitrogens with two attached hydrogens (primary N) is 1. The lowest BCUT2D eigenvalue weighted by molar-refractivity contribution is -0.139. The number of furan rings is 1. The Bertz CT molecular complexity index is 707. The van der Waals surface area contributed by atoms with Gasteiger partial charge in [0, 0.05) is 44.2 Å². The van der Waals surface area contributed by atoms with Gasteiger partial charge in [-0.2, -0.15) is 0 Å². The summed E-state index contributed by atoms with van der Waals surface area (Å²) in [5.74, 6) is 0.914. The van der Waals surface area contributed by atoms with Crippen LogP contribution in [0.2, 0.25) is 0 Å². The topological polar surface area (TPSA) is 68.7 Å². The molecule has 2 aromatic rings. The molecule has 0 radical (unpaired) electrons. The fourth-order valence-electron chi connectivity index (χ4n) is 3.25. The summed E-state index contributed by atoms with van der Waals surface area (Å²) in [6, 6.07) is 7.95. The molecule has 1 saturated heterocycles. The second-order valence-electron chi connectivity index (χ2n) is 6.28. The summed E-state index contributed by atoms with van der Waals surface area (Å²) in [7, 11) is 1.81. The number of aryl methyl sites for hydroxylation is 1. The zero-order valence-corrected chi connectivity index (χ0v) is 15.0. The van der Waals surface area contributed by atoms with E-state index >= 15 is 0 Å². The van der Waals surface area contributed by atoms with Crippen molar-refractivity contribution in [3.05, 3.63) is 35.6 Å². The van der Waals surface area contributed by atoms with Crippen molar-refractivity contribution in [3.63, 3.8) is 0 Å². The Labute approximate surface area is 148 Å². The average Bonchev–Trinajstić information content (AvgIpc) is 2.92. The molecule has 0 unspecified atom stereocenters. The Morgan fingerprint density at radius 2 is 1.96 bits per heavy atom. The highest BCUT2D eigenvalue weighted by Crippen LogP contribution is 2.28. The Hall–Kier alpha value is -1.56. The van der Waals surface area contributed by atoms with Crippen LogP contribution in [0.3, 0.4) is 0 Å². The minimum Gasteiger partial charge on any atom is -0.461 e. The number of rotatable bonds is 4. The van der Waals surface area contributed by atoms with E-state index in [0.717, 1.165) is 28.7 Å². The number of nitrogens with zero attached hydrogens (tertiary/aromatic N) is 1. The highest BCUT2D eigenvalue weighted by atomic mass is 35.5. The van der Waals surface area contributed by atoms with Crippen LogP contribution < -0.4 is 5.73 Å². The average molecular weight is 353 g/mol. The molecule has 1 aliphatic heterocycles. The Morgan fingerprint density at radius 3 is 2.62 bits per heavy atom.